The SMILES string of the molecule is CCOc1ccc(CCNC(=O)C(C)(C)O)cc1F. The van der Waals surface area contributed by atoms with E-state index in [9.17, 15) is 14.3 Å². The predicted molar refractivity (Wildman–Crippen MR) is 70.6 cm³/mol. The predicted octanol–water partition coefficient (Wildman–Crippen LogP) is 1.65. The van der Waals surface area contributed by atoms with Gasteiger partial charge in [-0.3, -0.25) is 4.79 Å². The molecule has 2 N–H and O–H groups in total. The van der Waals surface area contributed by atoms with Crippen LogP contribution in [0, 0.1) is 5.82 Å². The zero-order valence-electron chi connectivity index (χ0n) is 11.5. The number of halogens is 1. The average molecular weight is 269 g/mol. The number of nitrogens with one attached hydrogen (secondary N) is 1. The molecule has 0 aromatic heterocycles. The Kier molecular flexibility index (Phi) is 5.30. The Labute approximate surface area is 112 Å². The minimum absolute atomic E-state index is 0.228. The van der Waals surface area contributed by atoms with Crippen molar-refractivity contribution in [3.05, 3.63) is 29.6 Å². The van der Waals surface area contributed by atoms with Crippen LogP contribution in [0.1, 0.15) is 26.3 Å². The molecule has 1 aromatic rings. The summed E-state index contributed by atoms with van der Waals surface area (Å²) in [6.07, 6.45) is 0.491. The Hall–Kier alpha value is -1.62. The Bertz CT molecular complexity index is 441. The zero-order valence-corrected chi connectivity index (χ0v) is 11.5. The molecule has 106 valence electrons. The van der Waals surface area contributed by atoms with Crippen molar-refractivity contribution in [2.75, 3.05) is 13.2 Å². The van der Waals surface area contributed by atoms with Gasteiger partial charge in [-0.15, -0.1) is 0 Å². The largest absolute Gasteiger partial charge is 0.491 e. The first kappa shape index (κ1) is 15.4. The van der Waals surface area contributed by atoms with E-state index in [1.807, 2.05) is 0 Å². The van der Waals surface area contributed by atoms with Crippen LogP contribution >= 0.6 is 0 Å². The number of ether oxygens (including phenoxy) is 1. The highest BCUT2D eigenvalue weighted by molar-refractivity contribution is 5.83. The van der Waals surface area contributed by atoms with Crippen LogP contribution in [0.2, 0.25) is 0 Å². The molecule has 0 aliphatic carbocycles. The molecular formula is C14H20FNO3. The van der Waals surface area contributed by atoms with Gasteiger partial charge in [0, 0.05) is 6.54 Å². The van der Waals surface area contributed by atoms with Crippen molar-refractivity contribution in [2.24, 2.45) is 0 Å². The van der Waals surface area contributed by atoms with Crippen molar-refractivity contribution in [3.63, 3.8) is 0 Å². The summed E-state index contributed by atoms with van der Waals surface area (Å²) in [6, 6.07) is 4.72. The highest BCUT2D eigenvalue weighted by Gasteiger charge is 2.22. The third-order valence-electron chi connectivity index (χ3n) is 2.55. The van der Waals surface area contributed by atoms with Crippen LogP contribution in [0.4, 0.5) is 4.39 Å². The van der Waals surface area contributed by atoms with Gasteiger partial charge in [0.2, 0.25) is 0 Å². The molecular weight excluding hydrogens is 249 g/mol. The Morgan fingerprint density at radius 1 is 1.47 bits per heavy atom. The molecule has 1 rings (SSSR count). The summed E-state index contributed by atoms with van der Waals surface area (Å²) >= 11 is 0. The molecule has 0 unspecified atom stereocenters. The summed E-state index contributed by atoms with van der Waals surface area (Å²) < 4.78 is 18.7. The third-order valence-corrected chi connectivity index (χ3v) is 2.55. The van der Waals surface area contributed by atoms with Crippen LogP contribution in [0.5, 0.6) is 5.75 Å². The van der Waals surface area contributed by atoms with Crippen LogP contribution in [0.3, 0.4) is 0 Å². The molecule has 5 heteroatoms. The number of hydrogen-bond acceptors (Lipinski definition) is 3. The molecule has 0 radical (unpaired) electrons. The molecule has 0 fully saturated rings. The van der Waals surface area contributed by atoms with E-state index >= 15 is 0 Å². The minimum Gasteiger partial charge on any atom is -0.491 e. The molecule has 1 aromatic carbocycles. The second kappa shape index (κ2) is 6.52. The summed E-state index contributed by atoms with van der Waals surface area (Å²) in [5.41, 5.74) is -0.638. The van der Waals surface area contributed by atoms with Crippen LogP contribution in [-0.4, -0.2) is 29.8 Å². The van der Waals surface area contributed by atoms with E-state index in [4.69, 9.17) is 4.74 Å². The molecule has 0 heterocycles. The maximum atomic E-state index is 13.6. The molecule has 0 atom stereocenters. The van der Waals surface area contributed by atoms with Gasteiger partial charge in [0.1, 0.15) is 5.60 Å². The molecule has 1 amide bonds. The van der Waals surface area contributed by atoms with Gasteiger partial charge in [0.25, 0.3) is 5.91 Å². The normalized spacial score (nSPS) is 11.2. The Morgan fingerprint density at radius 2 is 2.16 bits per heavy atom. The second-order valence-electron chi connectivity index (χ2n) is 4.76. The van der Waals surface area contributed by atoms with Gasteiger partial charge < -0.3 is 15.2 Å². The van der Waals surface area contributed by atoms with E-state index in [-0.39, 0.29) is 5.75 Å². The first-order chi connectivity index (χ1) is 8.84. The van der Waals surface area contributed by atoms with Crippen molar-refractivity contribution in [1.82, 2.24) is 5.32 Å². The zero-order chi connectivity index (χ0) is 14.5. The van der Waals surface area contributed by atoms with Gasteiger partial charge in [-0.1, -0.05) is 6.07 Å². The van der Waals surface area contributed by atoms with Crippen LogP contribution in [0.25, 0.3) is 0 Å². The van der Waals surface area contributed by atoms with E-state index in [1.165, 1.54) is 19.9 Å². The van der Waals surface area contributed by atoms with Crippen LogP contribution < -0.4 is 10.1 Å². The minimum atomic E-state index is -1.40. The molecule has 4 nitrogen and oxygen atoms in total. The molecule has 0 saturated carbocycles. The molecule has 0 aliphatic heterocycles. The lowest BCUT2D eigenvalue weighted by atomic mass is 10.1. The lowest BCUT2D eigenvalue weighted by molar-refractivity contribution is -0.136. The molecule has 0 saturated heterocycles. The van der Waals surface area contributed by atoms with Crippen molar-refractivity contribution >= 4 is 5.91 Å². The molecule has 19 heavy (non-hydrogen) atoms. The van der Waals surface area contributed by atoms with Crippen molar-refractivity contribution in [3.8, 4) is 5.75 Å². The average Bonchev–Trinajstić information content (AvgIpc) is 2.31. The number of carbonyl (C=O) groups excluding carboxylic acids is 1. The van der Waals surface area contributed by atoms with Crippen molar-refractivity contribution < 1.29 is 19.0 Å². The quantitative estimate of drug-likeness (QED) is 0.825. The lowest BCUT2D eigenvalue weighted by Crippen LogP contribution is -2.42. The first-order valence-corrected chi connectivity index (χ1v) is 6.26. The molecule has 0 bridgehead atoms. The summed E-state index contributed by atoms with van der Waals surface area (Å²) in [5, 5.41) is 12.0. The van der Waals surface area contributed by atoms with Gasteiger partial charge in [-0.05, 0) is 44.9 Å². The number of amides is 1. The highest BCUT2D eigenvalue weighted by Crippen LogP contribution is 2.18. The maximum Gasteiger partial charge on any atom is 0.251 e. The van der Waals surface area contributed by atoms with Crippen LogP contribution in [0.15, 0.2) is 18.2 Å². The van der Waals surface area contributed by atoms with E-state index < -0.39 is 17.3 Å². The summed E-state index contributed by atoms with van der Waals surface area (Å²) in [5.74, 6) is -0.626. The molecule has 0 aliphatic rings. The van der Waals surface area contributed by atoms with Gasteiger partial charge in [0.15, 0.2) is 11.6 Å². The monoisotopic (exact) mass is 269 g/mol. The number of benzene rings is 1. The van der Waals surface area contributed by atoms with Crippen LogP contribution in [-0.2, 0) is 11.2 Å². The standard InChI is InChI=1S/C14H20FNO3/c1-4-19-12-6-5-10(9-11(12)15)7-8-16-13(17)14(2,3)18/h5-6,9,18H,4,7-8H2,1-3H3,(H,16,17). The third kappa shape index (κ3) is 4.87. The summed E-state index contributed by atoms with van der Waals surface area (Å²) in [6.45, 7) is 5.38. The highest BCUT2D eigenvalue weighted by atomic mass is 19.1. The fraction of sp³-hybridized carbons (Fsp3) is 0.500. The van der Waals surface area contributed by atoms with Gasteiger partial charge >= 0.3 is 0 Å². The van der Waals surface area contributed by atoms with E-state index in [0.29, 0.717) is 19.6 Å². The number of rotatable bonds is 6. The lowest BCUT2D eigenvalue weighted by Gasteiger charge is -2.16. The fourth-order valence-electron chi connectivity index (χ4n) is 1.51. The Balaban J connectivity index is 2.51. The molecule has 0 spiro atoms. The Morgan fingerprint density at radius 3 is 2.68 bits per heavy atom. The number of aliphatic hydroxyl groups is 1. The number of hydrogen-bond donors (Lipinski definition) is 2. The van der Waals surface area contributed by atoms with Crippen molar-refractivity contribution in [1.29, 1.82) is 0 Å². The van der Waals surface area contributed by atoms with Crippen molar-refractivity contribution in [2.45, 2.75) is 32.8 Å². The van der Waals surface area contributed by atoms with Gasteiger partial charge in [-0.25, -0.2) is 4.39 Å². The van der Waals surface area contributed by atoms with E-state index in [0.717, 1.165) is 5.56 Å². The second-order valence-corrected chi connectivity index (χ2v) is 4.76. The number of carbonyl (C=O) groups is 1. The fourth-order valence-corrected chi connectivity index (χ4v) is 1.51. The van der Waals surface area contributed by atoms with E-state index in [1.54, 1.807) is 19.1 Å². The summed E-state index contributed by atoms with van der Waals surface area (Å²) in [7, 11) is 0. The van der Waals surface area contributed by atoms with Gasteiger partial charge in [0.05, 0.1) is 6.61 Å². The summed E-state index contributed by atoms with van der Waals surface area (Å²) in [4.78, 5) is 11.4. The smallest absolute Gasteiger partial charge is 0.251 e. The first-order valence-electron chi connectivity index (χ1n) is 6.26. The topological polar surface area (TPSA) is 58.6 Å². The van der Waals surface area contributed by atoms with E-state index in [2.05, 4.69) is 5.32 Å². The maximum absolute atomic E-state index is 13.6. The van der Waals surface area contributed by atoms with Gasteiger partial charge in [-0.2, -0.15) is 0 Å².